The predicted octanol–water partition coefficient (Wildman–Crippen LogP) is 4.36. The van der Waals surface area contributed by atoms with Gasteiger partial charge in [0.2, 0.25) is 0 Å². The van der Waals surface area contributed by atoms with Gasteiger partial charge in [-0.1, -0.05) is 19.3 Å². The van der Waals surface area contributed by atoms with E-state index in [1.165, 1.54) is 69.1 Å². The van der Waals surface area contributed by atoms with Crippen LogP contribution in [0.2, 0.25) is 0 Å². The molecule has 0 amide bonds. The molecule has 5 rings (SSSR count). The van der Waals surface area contributed by atoms with Crippen LogP contribution in [0, 0.1) is 11.8 Å². The average molecular weight is 437 g/mol. The Kier molecular flexibility index (Phi) is 7.55. The average Bonchev–Trinajstić information content (AvgIpc) is 3.45. The number of rotatable bonds is 5. The number of likely N-dealkylation sites (tertiary alicyclic amines) is 1. The lowest BCUT2D eigenvalue weighted by atomic mass is 9.89. The SMILES string of the molecule is Cl.Cl.c1cc2cnn(CC3CCN(CC4CCCCC4)C3)c2cc1-n1cnnc1. The van der Waals surface area contributed by atoms with E-state index >= 15 is 0 Å². The van der Waals surface area contributed by atoms with Crippen LogP contribution >= 0.6 is 24.8 Å². The number of benzene rings is 1. The molecule has 0 N–H and O–H groups in total. The molecule has 158 valence electrons. The fourth-order valence-corrected chi connectivity index (χ4v) is 4.91. The van der Waals surface area contributed by atoms with Crippen LogP contribution in [0.15, 0.2) is 37.1 Å². The van der Waals surface area contributed by atoms with Gasteiger partial charge < -0.3 is 4.90 Å². The highest BCUT2D eigenvalue weighted by atomic mass is 35.5. The van der Waals surface area contributed by atoms with E-state index < -0.39 is 0 Å². The van der Waals surface area contributed by atoms with Crippen LogP contribution in [0.5, 0.6) is 0 Å². The highest BCUT2D eigenvalue weighted by Gasteiger charge is 2.26. The fraction of sp³-hybridized carbons (Fsp3) is 0.571. The third-order valence-electron chi connectivity index (χ3n) is 6.39. The lowest BCUT2D eigenvalue weighted by Crippen LogP contribution is -2.29. The Balaban J connectivity index is 0.00000120. The number of aromatic nitrogens is 5. The van der Waals surface area contributed by atoms with Gasteiger partial charge in [-0.05, 0) is 55.8 Å². The molecule has 1 atom stereocenters. The van der Waals surface area contributed by atoms with Crippen LogP contribution in [0.1, 0.15) is 38.5 Å². The maximum Gasteiger partial charge on any atom is 0.123 e. The molecule has 1 aromatic carbocycles. The Bertz CT molecular complexity index is 888. The maximum absolute atomic E-state index is 4.68. The standard InChI is InChI=1S/C21H28N6.2ClH/c1-2-4-17(5-3-1)12-25-9-8-18(13-25)14-27-21-10-20(26-15-22-23-16-26)7-6-19(21)11-24-27;;/h6-7,10-11,15-18H,1-5,8-9,12-14H2;2*1H. The van der Waals surface area contributed by atoms with Crippen molar-refractivity contribution >= 4 is 35.7 Å². The van der Waals surface area contributed by atoms with Crippen molar-refractivity contribution in [2.24, 2.45) is 11.8 Å². The molecular weight excluding hydrogens is 407 g/mol. The minimum absolute atomic E-state index is 0. The molecule has 2 aromatic heterocycles. The van der Waals surface area contributed by atoms with Gasteiger partial charge >= 0.3 is 0 Å². The molecule has 1 unspecified atom stereocenters. The van der Waals surface area contributed by atoms with E-state index in [1.54, 1.807) is 12.7 Å². The Morgan fingerprint density at radius 1 is 0.897 bits per heavy atom. The maximum atomic E-state index is 4.68. The summed E-state index contributed by atoms with van der Waals surface area (Å²) in [4.78, 5) is 2.70. The molecule has 0 radical (unpaired) electrons. The first-order chi connectivity index (χ1) is 13.3. The largest absolute Gasteiger partial charge is 0.303 e. The van der Waals surface area contributed by atoms with Gasteiger partial charge in [-0.2, -0.15) is 5.10 Å². The van der Waals surface area contributed by atoms with E-state index in [0.717, 1.165) is 18.2 Å². The van der Waals surface area contributed by atoms with Crippen molar-refractivity contribution in [2.45, 2.75) is 45.1 Å². The molecule has 0 bridgehead atoms. The molecule has 1 saturated heterocycles. The van der Waals surface area contributed by atoms with Crippen LogP contribution in [-0.2, 0) is 6.54 Å². The molecular formula is C21H30Cl2N6. The van der Waals surface area contributed by atoms with Gasteiger partial charge in [0.1, 0.15) is 12.7 Å². The van der Waals surface area contributed by atoms with E-state index in [4.69, 9.17) is 0 Å². The number of halogens is 2. The van der Waals surface area contributed by atoms with E-state index in [9.17, 15) is 0 Å². The van der Waals surface area contributed by atoms with Gasteiger partial charge in [0.05, 0.1) is 17.4 Å². The van der Waals surface area contributed by atoms with Crippen LogP contribution in [0.4, 0.5) is 0 Å². The molecule has 8 heteroatoms. The van der Waals surface area contributed by atoms with Crippen molar-refractivity contribution in [1.29, 1.82) is 0 Å². The van der Waals surface area contributed by atoms with Crippen molar-refractivity contribution in [3.05, 3.63) is 37.1 Å². The Morgan fingerprint density at radius 2 is 1.69 bits per heavy atom. The Hall–Kier alpha value is -1.63. The van der Waals surface area contributed by atoms with E-state index in [1.807, 2.05) is 10.8 Å². The zero-order chi connectivity index (χ0) is 18.1. The summed E-state index contributed by atoms with van der Waals surface area (Å²) in [5.74, 6) is 1.64. The van der Waals surface area contributed by atoms with Crippen LogP contribution in [-0.4, -0.2) is 49.1 Å². The van der Waals surface area contributed by atoms with E-state index in [2.05, 4.69) is 43.1 Å². The molecule has 3 heterocycles. The third kappa shape index (κ3) is 4.93. The van der Waals surface area contributed by atoms with E-state index in [-0.39, 0.29) is 24.8 Å². The predicted molar refractivity (Wildman–Crippen MR) is 120 cm³/mol. The van der Waals surface area contributed by atoms with Crippen molar-refractivity contribution < 1.29 is 0 Å². The summed E-state index contributed by atoms with van der Waals surface area (Å²) in [5, 5.41) is 13.7. The summed E-state index contributed by atoms with van der Waals surface area (Å²) >= 11 is 0. The zero-order valence-electron chi connectivity index (χ0n) is 16.7. The first kappa shape index (κ1) is 22.1. The first-order valence-corrected chi connectivity index (χ1v) is 10.4. The summed E-state index contributed by atoms with van der Waals surface area (Å²) < 4.78 is 4.14. The highest BCUT2D eigenvalue weighted by molar-refractivity contribution is 5.85. The van der Waals surface area contributed by atoms with Crippen LogP contribution in [0.3, 0.4) is 0 Å². The summed E-state index contributed by atoms with van der Waals surface area (Å²) in [5.41, 5.74) is 2.28. The van der Waals surface area contributed by atoms with Crippen LogP contribution in [0.25, 0.3) is 16.6 Å². The molecule has 2 aliphatic rings. The quantitative estimate of drug-likeness (QED) is 0.595. The summed E-state index contributed by atoms with van der Waals surface area (Å²) in [7, 11) is 0. The first-order valence-electron chi connectivity index (χ1n) is 10.4. The second-order valence-electron chi connectivity index (χ2n) is 8.36. The molecule has 0 spiro atoms. The minimum atomic E-state index is 0. The summed E-state index contributed by atoms with van der Waals surface area (Å²) in [6.45, 7) is 4.81. The summed E-state index contributed by atoms with van der Waals surface area (Å²) in [6, 6.07) is 6.43. The van der Waals surface area contributed by atoms with Crippen molar-refractivity contribution in [3.8, 4) is 5.69 Å². The number of hydrogen-bond acceptors (Lipinski definition) is 4. The number of nitrogens with zero attached hydrogens (tertiary/aromatic N) is 6. The van der Waals surface area contributed by atoms with Crippen LogP contribution < -0.4 is 0 Å². The van der Waals surface area contributed by atoms with Gasteiger partial charge in [-0.15, -0.1) is 35.0 Å². The van der Waals surface area contributed by atoms with Gasteiger partial charge in [-0.25, -0.2) is 0 Å². The third-order valence-corrected chi connectivity index (χ3v) is 6.39. The number of hydrogen-bond donors (Lipinski definition) is 0. The molecule has 29 heavy (non-hydrogen) atoms. The fourth-order valence-electron chi connectivity index (χ4n) is 4.91. The van der Waals surface area contributed by atoms with Crippen molar-refractivity contribution in [3.63, 3.8) is 0 Å². The number of fused-ring (bicyclic) bond motifs is 1. The molecule has 1 aliphatic carbocycles. The van der Waals surface area contributed by atoms with Gasteiger partial charge in [-0.3, -0.25) is 9.25 Å². The second-order valence-corrected chi connectivity index (χ2v) is 8.36. The monoisotopic (exact) mass is 436 g/mol. The van der Waals surface area contributed by atoms with Gasteiger partial charge in [0, 0.05) is 25.0 Å². The van der Waals surface area contributed by atoms with Crippen molar-refractivity contribution in [2.75, 3.05) is 19.6 Å². The summed E-state index contributed by atoms with van der Waals surface area (Å²) in [6.07, 6.45) is 14.0. The molecule has 1 saturated carbocycles. The smallest absolute Gasteiger partial charge is 0.123 e. The topological polar surface area (TPSA) is 51.8 Å². The zero-order valence-corrected chi connectivity index (χ0v) is 18.3. The lowest BCUT2D eigenvalue weighted by molar-refractivity contribution is 0.225. The van der Waals surface area contributed by atoms with E-state index in [0.29, 0.717) is 5.92 Å². The molecule has 1 aliphatic heterocycles. The molecule has 3 aromatic rings. The lowest BCUT2D eigenvalue weighted by Gasteiger charge is -2.26. The molecule has 6 nitrogen and oxygen atoms in total. The normalized spacial score (nSPS) is 20.5. The molecule has 2 fully saturated rings. The minimum Gasteiger partial charge on any atom is -0.303 e. The van der Waals surface area contributed by atoms with Gasteiger partial charge in [0.15, 0.2) is 0 Å². The van der Waals surface area contributed by atoms with Crippen molar-refractivity contribution in [1.82, 2.24) is 29.4 Å². The Labute approximate surface area is 184 Å². The van der Waals surface area contributed by atoms with Gasteiger partial charge in [0.25, 0.3) is 0 Å². The Morgan fingerprint density at radius 3 is 2.48 bits per heavy atom. The second kappa shape index (κ2) is 9.92. The highest BCUT2D eigenvalue weighted by Crippen LogP contribution is 2.28.